The Morgan fingerprint density at radius 2 is 1.88 bits per heavy atom. The van der Waals surface area contributed by atoms with Crippen molar-refractivity contribution in [3.63, 3.8) is 0 Å². The van der Waals surface area contributed by atoms with Crippen LogP contribution in [-0.4, -0.2) is 61.7 Å². The molecular weight excluding hydrogens is 210 g/mol. The maximum atomic E-state index is 3.50. The molecule has 3 nitrogen and oxygen atoms in total. The van der Waals surface area contributed by atoms with Gasteiger partial charge in [-0.15, -0.1) is 0 Å². The number of nitrogens with one attached hydrogen (secondary N) is 1. The molecule has 2 aliphatic heterocycles. The molecule has 0 aromatic heterocycles. The molecule has 1 N–H and O–H groups in total. The first-order valence-corrected chi connectivity index (χ1v) is 7.57. The van der Waals surface area contributed by atoms with Gasteiger partial charge >= 0.3 is 0 Å². The van der Waals surface area contributed by atoms with Crippen molar-refractivity contribution in [2.45, 2.75) is 45.1 Å². The highest BCUT2D eigenvalue weighted by Gasteiger charge is 2.27. The molecule has 0 aliphatic carbocycles. The highest BCUT2D eigenvalue weighted by atomic mass is 15.3. The van der Waals surface area contributed by atoms with E-state index in [0.717, 1.165) is 6.04 Å². The molecule has 1 atom stereocenters. The third kappa shape index (κ3) is 4.23. The van der Waals surface area contributed by atoms with Crippen LogP contribution in [-0.2, 0) is 0 Å². The van der Waals surface area contributed by atoms with E-state index >= 15 is 0 Å². The standard InChI is InChI=1S/C14H29N3/c1-2-7-15-8-12-16-11-6-14(13-16)17-9-4-3-5-10-17/h14-15H,2-13H2,1H3. The Hall–Kier alpha value is -0.120. The van der Waals surface area contributed by atoms with Gasteiger partial charge < -0.3 is 10.2 Å². The fourth-order valence-corrected chi connectivity index (χ4v) is 3.14. The van der Waals surface area contributed by atoms with E-state index in [0.29, 0.717) is 0 Å². The van der Waals surface area contributed by atoms with Gasteiger partial charge in [0.15, 0.2) is 0 Å². The Balaban J connectivity index is 1.61. The quantitative estimate of drug-likeness (QED) is 0.710. The van der Waals surface area contributed by atoms with E-state index in [9.17, 15) is 0 Å². The summed E-state index contributed by atoms with van der Waals surface area (Å²) < 4.78 is 0. The van der Waals surface area contributed by atoms with Gasteiger partial charge in [-0.2, -0.15) is 0 Å². The van der Waals surface area contributed by atoms with E-state index in [1.807, 2.05) is 0 Å². The molecule has 1 unspecified atom stereocenters. The van der Waals surface area contributed by atoms with Crippen molar-refractivity contribution in [2.24, 2.45) is 0 Å². The molecule has 2 aliphatic rings. The van der Waals surface area contributed by atoms with Crippen LogP contribution in [0.15, 0.2) is 0 Å². The zero-order valence-corrected chi connectivity index (χ0v) is 11.5. The van der Waals surface area contributed by atoms with Crippen molar-refractivity contribution < 1.29 is 0 Å². The summed E-state index contributed by atoms with van der Waals surface area (Å²) in [6.45, 7) is 11.1. The Morgan fingerprint density at radius 1 is 1.06 bits per heavy atom. The Morgan fingerprint density at radius 3 is 2.65 bits per heavy atom. The van der Waals surface area contributed by atoms with Gasteiger partial charge in [0, 0.05) is 25.7 Å². The van der Waals surface area contributed by atoms with Crippen LogP contribution in [0, 0.1) is 0 Å². The lowest BCUT2D eigenvalue weighted by atomic mass is 10.1. The minimum atomic E-state index is 0.862. The van der Waals surface area contributed by atoms with E-state index in [1.165, 1.54) is 77.9 Å². The smallest absolute Gasteiger partial charge is 0.0235 e. The van der Waals surface area contributed by atoms with E-state index in [2.05, 4.69) is 22.0 Å². The van der Waals surface area contributed by atoms with Gasteiger partial charge in [-0.25, -0.2) is 0 Å². The van der Waals surface area contributed by atoms with Crippen molar-refractivity contribution in [1.82, 2.24) is 15.1 Å². The highest BCUT2D eigenvalue weighted by Crippen LogP contribution is 2.19. The molecule has 0 saturated carbocycles. The van der Waals surface area contributed by atoms with E-state index in [1.54, 1.807) is 0 Å². The Bertz CT molecular complexity index is 202. The second kappa shape index (κ2) is 7.34. The van der Waals surface area contributed by atoms with E-state index in [4.69, 9.17) is 0 Å². The summed E-state index contributed by atoms with van der Waals surface area (Å²) in [5.41, 5.74) is 0. The molecule has 100 valence electrons. The zero-order chi connectivity index (χ0) is 11.9. The monoisotopic (exact) mass is 239 g/mol. The largest absolute Gasteiger partial charge is 0.315 e. The van der Waals surface area contributed by atoms with Crippen molar-refractivity contribution in [2.75, 3.05) is 45.8 Å². The molecule has 0 aromatic rings. The molecule has 2 rings (SSSR count). The first kappa shape index (κ1) is 13.3. The molecular formula is C14H29N3. The number of hydrogen-bond donors (Lipinski definition) is 1. The van der Waals surface area contributed by atoms with Gasteiger partial charge in [0.2, 0.25) is 0 Å². The fraction of sp³-hybridized carbons (Fsp3) is 1.00. The van der Waals surface area contributed by atoms with Gasteiger partial charge in [-0.05, 0) is 51.9 Å². The van der Waals surface area contributed by atoms with Gasteiger partial charge in [-0.3, -0.25) is 4.90 Å². The average molecular weight is 239 g/mol. The Kier molecular flexibility index (Phi) is 5.75. The van der Waals surface area contributed by atoms with Crippen LogP contribution < -0.4 is 5.32 Å². The maximum Gasteiger partial charge on any atom is 0.0235 e. The van der Waals surface area contributed by atoms with Gasteiger partial charge in [0.25, 0.3) is 0 Å². The predicted octanol–water partition coefficient (Wildman–Crippen LogP) is 1.55. The summed E-state index contributed by atoms with van der Waals surface area (Å²) in [4.78, 5) is 5.38. The van der Waals surface area contributed by atoms with Crippen LogP contribution in [0.4, 0.5) is 0 Å². The number of piperidine rings is 1. The van der Waals surface area contributed by atoms with Crippen molar-refractivity contribution in [3.05, 3.63) is 0 Å². The summed E-state index contributed by atoms with van der Waals surface area (Å²) >= 11 is 0. The maximum absolute atomic E-state index is 3.50. The minimum absolute atomic E-state index is 0.862. The summed E-state index contributed by atoms with van der Waals surface area (Å²) in [5, 5.41) is 3.50. The minimum Gasteiger partial charge on any atom is -0.315 e. The van der Waals surface area contributed by atoms with Gasteiger partial charge in [0.05, 0.1) is 0 Å². The number of rotatable bonds is 6. The number of hydrogen-bond acceptors (Lipinski definition) is 3. The number of likely N-dealkylation sites (tertiary alicyclic amines) is 2. The van der Waals surface area contributed by atoms with Gasteiger partial charge in [0.1, 0.15) is 0 Å². The van der Waals surface area contributed by atoms with Crippen LogP contribution in [0.1, 0.15) is 39.0 Å². The second-order valence-electron chi connectivity index (χ2n) is 5.59. The van der Waals surface area contributed by atoms with Crippen molar-refractivity contribution >= 4 is 0 Å². The number of nitrogens with zero attached hydrogens (tertiary/aromatic N) is 2. The third-order valence-electron chi connectivity index (χ3n) is 4.19. The molecule has 0 spiro atoms. The summed E-state index contributed by atoms with van der Waals surface area (Å²) in [6, 6.07) is 0.862. The molecule has 0 radical (unpaired) electrons. The van der Waals surface area contributed by atoms with Crippen LogP contribution in [0.2, 0.25) is 0 Å². The highest BCUT2D eigenvalue weighted by molar-refractivity contribution is 4.84. The molecule has 2 saturated heterocycles. The first-order chi connectivity index (χ1) is 8.40. The summed E-state index contributed by atoms with van der Waals surface area (Å²) in [5.74, 6) is 0. The summed E-state index contributed by atoms with van der Waals surface area (Å²) in [7, 11) is 0. The van der Waals surface area contributed by atoms with Crippen LogP contribution >= 0.6 is 0 Å². The zero-order valence-electron chi connectivity index (χ0n) is 11.5. The molecule has 0 bridgehead atoms. The van der Waals surface area contributed by atoms with Crippen LogP contribution in [0.25, 0.3) is 0 Å². The molecule has 3 heteroatoms. The second-order valence-corrected chi connectivity index (χ2v) is 5.59. The topological polar surface area (TPSA) is 18.5 Å². The lowest BCUT2D eigenvalue weighted by Crippen LogP contribution is -2.41. The first-order valence-electron chi connectivity index (χ1n) is 7.57. The normalized spacial score (nSPS) is 27.7. The third-order valence-corrected chi connectivity index (χ3v) is 4.19. The molecule has 2 heterocycles. The van der Waals surface area contributed by atoms with Crippen LogP contribution in [0.3, 0.4) is 0 Å². The van der Waals surface area contributed by atoms with Gasteiger partial charge in [-0.1, -0.05) is 13.3 Å². The van der Waals surface area contributed by atoms with E-state index < -0.39 is 0 Å². The van der Waals surface area contributed by atoms with Crippen LogP contribution in [0.5, 0.6) is 0 Å². The lowest BCUT2D eigenvalue weighted by Gasteiger charge is -2.32. The fourth-order valence-electron chi connectivity index (χ4n) is 3.14. The molecule has 0 aromatic carbocycles. The van der Waals surface area contributed by atoms with Crippen molar-refractivity contribution in [1.29, 1.82) is 0 Å². The average Bonchev–Trinajstić information content (AvgIpc) is 2.85. The molecule has 17 heavy (non-hydrogen) atoms. The van der Waals surface area contributed by atoms with E-state index in [-0.39, 0.29) is 0 Å². The Labute approximate surface area is 107 Å². The molecule has 0 amide bonds. The predicted molar refractivity (Wildman–Crippen MR) is 73.4 cm³/mol. The lowest BCUT2D eigenvalue weighted by molar-refractivity contribution is 0.162. The van der Waals surface area contributed by atoms with Crippen molar-refractivity contribution in [3.8, 4) is 0 Å². The summed E-state index contributed by atoms with van der Waals surface area (Å²) in [6.07, 6.45) is 6.95. The SMILES string of the molecule is CCCNCCN1CCC(N2CCCCC2)C1. The molecule has 2 fully saturated rings.